The molecule has 0 bridgehead atoms. The molecular weight excluding hydrogens is 228 g/mol. The van der Waals surface area contributed by atoms with Crippen LogP contribution in [0.15, 0.2) is 4.99 Å². The molecule has 0 amide bonds. The van der Waals surface area contributed by atoms with E-state index >= 15 is 0 Å². The van der Waals surface area contributed by atoms with Crippen molar-refractivity contribution in [1.82, 2.24) is 15.3 Å². The maximum atomic E-state index is 9.41. The Hall–Kier alpha value is -1.50. The van der Waals surface area contributed by atoms with Crippen molar-refractivity contribution in [3.8, 4) is 11.9 Å². The molecule has 0 aromatic carbocycles. The van der Waals surface area contributed by atoms with E-state index in [4.69, 9.17) is 0 Å². The third-order valence-corrected chi connectivity index (χ3v) is 3.16. The van der Waals surface area contributed by atoms with Gasteiger partial charge in [0, 0.05) is 17.9 Å². The summed E-state index contributed by atoms with van der Waals surface area (Å²) in [7, 11) is 0. The smallest absolute Gasteiger partial charge is 0.317 e. The van der Waals surface area contributed by atoms with Gasteiger partial charge >= 0.3 is 6.01 Å². The molecule has 1 aromatic rings. The summed E-state index contributed by atoms with van der Waals surface area (Å²) in [5.74, 6) is 0.366. The molecule has 86 valence electrons. The average molecular weight is 240 g/mol. The molecule has 0 unspecified atom stereocenters. The molecule has 0 aliphatic carbocycles. The molecule has 1 aliphatic rings. The number of aliphatic imine (C=N–C) groups is 1. The summed E-state index contributed by atoms with van der Waals surface area (Å²) in [4.78, 5) is 11.6. The molecule has 0 atom stereocenters. The molecule has 0 fully saturated rings. The van der Waals surface area contributed by atoms with Crippen LogP contribution in [-0.4, -0.2) is 38.4 Å². The first kappa shape index (κ1) is 11.0. The van der Waals surface area contributed by atoms with E-state index in [1.54, 1.807) is 6.92 Å². The highest BCUT2D eigenvalue weighted by molar-refractivity contribution is 8.13. The molecule has 2 heterocycles. The zero-order valence-corrected chi connectivity index (χ0v) is 9.58. The number of hydrogen-bond donors (Lipinski definition) is 3. The first-order valence-electron chi connectivity index (χ1n) is 4.83. The Morgan fingerprint density at radius 1 is 1.38 bits per heavy atom. The molecule has 0 saturated carbocycles. The number of nitrogens with zero attached hydrogens (tertiary/aromatic N) is 3. The lowest BCUT2D eigenvalue weighted by Gasteiger charge is -2.06. The number of aromatic hydroxyl groups is 2. The van der Waals surface area contributed by atoms with Gasteiger partial charge in [-0.1, -0.05) is 11.8 Å². The van der Waals surface area contributed by atoms with Crippen molar-refractivity contribution in [3.05, 3.63) is 11.3 Å². The normalized spacial score (nSPS) is 14.7. The van der Waals surface area contributed by atoms with Crippen molar-refractivity contribution in [1.29, 1.82) is 0 Å². The fourth-order valence-corrected chi connectivity index (χ4v) is 2.23. The van der Waals surface area contributed by atoms with E-state index in [0.29, 0.717) is 17.0 Å². The number of nitrogens with one attached hydrogen (secondary N) is 1. The van der Waals surface area contributed by atoms with Crippen LogP contribution in [0.1, 0.15) is 11.3 Å². The van der Waals surface area contributed by atoms with E-state index in [1.807, 2.05) is 0 Å². The van der Waals surface area contributed by atoms with Gasteiger partial charge in [-0.3, -0.25) is 4.99 Å². The van der Waals surface area contributed by atoms with Gasteiger partial charge in [0.15, 0.2) is 5.17 Å². The van der Waals surface area contributed by atoms with Gasteiger partial charge in [-0.15, -0.1) is 0 Å². The molecule has 0 saturated heterocycles. The molecule has 0 radical (unpaired) electrons. The Bertz CT molecular complexity index is 436. The maximum absolute atomic E-state index is 9.41. The average Bonchev–Trinajstić information content (AvgIpc) is 2.74. The van der Waals surface area contributed by atoms with Crippen LogP contribution < -0.4 is 5.32 Å². The Balaban J connectivity index is 2.08. The minimum Gasteiger partial charge on any atom is -0.493 e. The number of hydrogen-bond acceptors (Lipinski definition) is 7. The molecule has 2 rings (SSSR count). The van der Waals surface area contributed by atoms with Crippen LogP contribution >= 0.6 is 11.8 Å². The van der Waals surface area contributed by atoms with Gasteiger partial charge in [0.2, 0.25) is 5.88 Å². The minimum absolute atomic E-state index is 0.176. The van der Waals surface area contributed by atoms with Gasteiger partial charge in [0.25, 0.3) is 0 Å². The van der Waals surface area contributed by atoms with Gasteiger partial charge in [-0.2, -0.15) is 9.97 Å². The summed E-state index contributed by atoms with van der Waals surface area (Å²) in [6.45, 7) is 3.37. The SMILES string of the molecule is Cc1c(O)nc(O)nc1CSC1=NCCN1. The second-order valence-corrected chi connectivity index (χ2v) is 4.29. The molecule has 7 heteroatoms. The van der Waals surface area contributed by atoms with Crippen LogP contribution in [0.2, 0.25) is 0 Å². The van der Waals surface area contributed by atoms with Gasteiger partial charge in [0.1, 0.15) is 0 Å². The van der Waals surface area contributed by atoms with E-state index in [2.05, 4.69) is 20.3 Å². The summed E-state index contributed by atoms with van der Waals surface area (Å²) >= 11 is 1.50. The standard InChI is InChI=1S/C9H12N4O2S/c1-5-6(12-8(15)13-7(5)14)4-16-9-10-2-3-11-9/h2-4H2,1H3,(H,10,11)(H2,12,13,14,15). The number of thioether (sulfide) groups is 1. The summed E-state index contributed by atoms with van der Waals surface area (Å²) in [6, 6.07) is -0.403. The van der Waals surface area contributed by atoms with Gasteiger partial charge in [-0.05, 0) is 6.92 Å². The first-order valence-corrected chi connectivity index (χ1v) is 5.82. The molecule has 1 aliphatic heterocycles. The van der Waals surface area contributed by atoms with Crippen molar-refractivity contribution in [2.24, 2.45) is 4.99 Å². The lowest BCUT2D eigenvalue weighted by atomic mass is 10.3. The van der Waals surface area contributed by atoms with E-state index in [-0.39, 0.29) is 5.88 Å². The highest BCUT2D eigenvalue weighted by atomic mass is 32.2. The van der Waals surface area contributed by atoms with Crippen molar-refractivity contribution in [3.63, 3.8) is 0 Å². The number of rotatable bonds is 2. The van der Waals surface area contributed by atoms with E-state index < -0.39 is 6.01 Å². The monoisotopic (exact) mass is 240 g/mol. The topological polar surface area (TPSA) is 90.6 Å². The Morgan fingerprint density at radius 2 is 2.19 bits per heavy atom. The summed E-state index contributed by atoms with van der Waals surface area (Å²) < 4.78 is 0. The van der Waals surface area contributed by atoms with Crippen molar-refractivity contribution in [2.45, 2.75) is 12.7 Å². The zero-order valence-electron chi connectivity index (χ0n) is 8.77. The van der Waals surface area contributed by atoms with Gasteiger partial charge in [0.05, 0.1) is 12.2 Å². The van der Waals surface area contributed by atoms with E-state index in [1.165, 1.54) is 11.8 Å². The van der Waals surface area contributed by atoms with E-state index in [0.717, 1.165) is 18.3 Å². The Labute approximate surface area is 96.8 Å². The lowest BCUT2D eigenvalue weighted by Crippen LogP contribution is -2.15. The summed E-state index contributed by atoms with van der Waals surface area (Å²) in [5, 5.41) is 22.6. The van der Waals surface area contributed by atoms with Crippen LogP contribution in [0, 0.1) is 6.92 Å². The predicted octanol–water partition coefficient (Wildman–Crippen LogP) is 0.389. The lowest BCUT2D eigenvalue weighted by molar-refractivity contribution is 0.392. The molecule has 1 aromatic heterocycles. The molecule has 6 nitrogen and oxygen atoms in total. The van der Waals surface area contributed by atoms with Crippen molar-refractivity contribution in [2.75, 3.05) is 13.1 Å². The molecule has 0 spiro atoms. The van der Waals surface area contributed by atoms with Crippen LogP contribution in [0.4, 0.5) is 0 Å². The molecule has 3 N–H and O–H groups in total. The van der Waals surface area contributed by atoms with Crippen LogP contribution in [-0.2, 0) is 5.75 Å². The third kappa shape index (κ3) is 2.35. The maximum Gasteiger partial charge on any atom is 0.317 e. The van der Waals surface area contributed by atoms with Crippen LogP contribution in [0.3, 0.4) is 0 Å². The van der Waals surface area contributed by atoms with Crippen molar-refractivity contribution < 1.29 is 10.2 Å². The third-order valence-electron chi connectivity index (χ3n) is 2.20. The van der Waals surface area contributed by atoms with Crippen molar-refractivity contribution >= 4 is 16.9 Å². The number of aromatic nitrogens is 2. The Kier molecular flexibility index (Phi) is 3.14. The second kappa shape index (κ2) is 4.56. The number of amidine groups is 1. The van der Waals surface area contributed by atoms with Gasteiger partial charge < -0.3 is 15.5 Å². The summed E-state index contributed by atoms with van der Waals surface area (Å²) in [6.07, 6.45) is 0. The minimum atomic E-state index is -0.403. The first-order chi connectivity index (χ1) is 7.66. The largest absolute Gasteiger partial charge is 0.493 e. The molecular formula is C9H12N4O2S. The quantitative estimate of drug-likeness (QED) is 0.692. The Morgan fingerprint density at radius 3 is 2.88 bits per heavy atom. The van der Waals surface area contributed by atoms with Crippen LogP contribution in [0.25, 0.3) is 0 Å². The second-order valence-electron chi connectivity index (χ2n) is 3.32. The van der Waals surface area contributed by atoms with Crippen LogP contribution in [0.5, 0.6) is 11.9 Å². The fraction of sp³-hybridized carbons (Fsp3) is 0.444. The highest BCUT2D eigenvalue weighted by Gasteiger charge is 2.12. The van der Waals surface area contributed by atoms with Gasteiger partial charge in [-0.25, -0.2) is 0 Å². The highest BCUT2D eigenvalue weighted by Crippen LogP contribution is 2.23. The van der Waals surface area contributed by atoms with E-state index in [9.17, 15) is 10.2 Å². The summed E-state index contributed by atoms with van der Waals surface area (Å²) in [5.41, 5.74) is 1.20. The molecule has 16 heavy (non-hydrogen) atoms. The zero-order chi connectivity index (χ0) is 11.5. The fourth-order valence-electron chi connectivity index (χ4n) is 1.29. The predicted molar refractivity (Wildman–Crippen MR) is 61.7 cm³/mol.